The van der Waals surface area contributed by atoms with Gasteiger partial charge in [0.15, 0.2) is 0 Å². The second-order valence-electron chi connectivity index (χ2n) is 3.12. The zero-order valence-corrected chi connectivity index (χ0v) is 9.16. The monoisotopic (exact) mass is 251 g/mol. The van der Waals surface area contributed by atoms with Gasteiger partial charge in [-0.3, -0.25) is 10.1 Å². The van der Waals surface area contributed by atoms with E-state index in [4.69, 9.17) is 0 Å². The van der Waals surface area contributed by atoms with E-state index >= 15 is 0 Å². The predicted molar refractivity (Wildman–Crippen MR) is 57.9 cm³/mol. The Balaban J connectivity index is 1.98. The van der Waals surface area contributed by atoms with Crippen molar-refractivity contribution >= 4 is 15.9 Å². The van der Waals surface area contributed by atoms with Crippen LogP contribution in [0.15, 0.2) is 35.3 Å². The largest absolute Gasteiger partial charge is 0.285 e. The molecular formula is C10H10BrN3. The lowest BCUT2D eigenvalue weighted by Crippen LogP contribution is -1.90. The molecular weight excluding hydrogens is 242 g/mol. The van der Waals surface area contributed by atoms with Crippen molar-refractivity contribution in [2.45, 2.75) is 12.8 Å². The van der Waals surface area contributed by atoms with Crippen LogP contribution in [0.2, 0.25) is 0 Å². The summed E-state index contributed by atoms with van der Waals surface area (Å²) >= 11 is 3.40. The average Bonchev–Trinajstić information content (AvgIpc) is 2.67. The van der Waals surface area contributed by atoms with Crippen LogP contribution >= 0.6 is 15.9 Å². The van der Waals surface area contributed by atoms with Gasteiger partial charge in [-0.05, 0) is 46.0 Å². The molecule has 0 saturated carbocycles. The fourth-order valence-electron chi connectivity index (χ4n) is 1.30. The highest BCUT2D eigenvalue weighted by Crippen LogP contribution is 2.11. The Hall–Kier alpha value is -1.16. The van der Waals surface area contributed by atoms with Crippen molar-refractivity contribution in [2.24, 2.45) is 0 Å². The third kappa shape index (κ3) is 2.42. The molecule has 0 bridgehead atoms. The first-order valence-corrected chi connectivity index (χ1v) is 5.21. The van der Waals surface area contributed by atoms with Crippen LogP contribution in [-0.2, 0) is 12.8 Å². The normalized spacial score (nSPS) is 10.4. The highest BCUT2D eigenvalue weighted by molar-refractivity contribution is 9.10. The van der Waals surface area contributed by atoms with Crippen LogP contribution < -0.4 is 0 Å². The van der Waals surface area contributed by atoms with Crippen LogP contribution in [0.4, 0.5) is 0 Å². The molecule has 0 spiro atoms. The molecule has 0 fully saturated rings. The Morgan fingerprint density at radius 3 is 2.71 bits per heavy atom. The van der Waals surface area contributed by atoms with Crippen LogP contribution in [-0.4, -0.2) is 15.2 Å². The summed E-state index contributed by atoms with van der Waals surface area (Å²) in [7, 11) is 0. The molecule has 3 nitrogen and oxygen atoms in total. The Morgan fingerprint density at radius 1 is 1.14 bits per heavy atom. The van der Waals surface area contributed by atoms with E-state index in [2.05, 4.69) is 37.2 Å². The van der Waals surface area contributed by atoms with Gasteiger partial charge in [0.2, 0.25) is 0 Å². The van der Waals surface area contributed by atoms with Gasteiger partial charge in [0.1, 0.15) is 0 Å². The fraction of sp³-hybridized carbons (Fsp3) is 0.200. The third-order valence-corrected chi connectivity index (χ3v) is 2.45. The Kier molecular flexibility index (Phi) is 2.93. The molecule has 0 aromatic carbocycles. The second kappa shape index (κ2) is 4.37. The minimum Gasteiger partial charge on any atom is -0.285 e. The molecule has 14 heavy (non-hydrogen) atoms. The summed E-state index contributed by atoms with van der Waals surface area (Å²) in [5, 5.41) is 6.70. The standard InChI is InChI=1S/C10H10BrN3/c11-10-3-8(4-12-7-10)1-2-9-5-13-14-6-9/h3-7H,1-2H2,(H,13,14). The van der Waals surface area contributed by atoms with Gasteiger partial charge in [-0.15, -0.1) is 0 Å². The van der Waals surface area contributed by atoms with Crippen molar-refractivity contribution in [1.82, 2.24) is 15.2 Å². The number of aromatic amines is 1. The summed E-state index contributed by atoms with van der Waals surface area (Å²) in [6.45, 7) is 0. The van der Waals surface area contributed by atoms with E-state index in [9.17, 15) is 0 Å². The predicted octanol–water partition coefficient (Wildman–Crippen LogP) is 2.35. The van der Waals surface area contributed by atoms with Gasteiger partial charge in [0.05, 0.1) is 6.20 Å². The summed E-state index contributed by atoms with van der Waals surface area (Å²) in [6, 6.07) is 2.09. The lowest BCUT2D eigenvalue weighted by atomic mass is 10.1. The topological polar surface area (TPSA) is 41.6 Å². The van der Waals surface area contributed by atoms with Gasteiger partial charge in [0.25, 0.3) is 0 Å². The smallest absolute Gasteiger partial charge is 0.0519 e. The highest BCUT2D eigenvalue weighted by Gasteiger charge is 1.97. The first kappa shape index (κ1) is 9.40. The highest BCUT2D eigenvalue weighted by atomic mass is 79.9. The minimum absolute atomic E-state index is 0.992. The summed E-state index contributed by atoms with van der Waals surface area (Å²) < 4.78 is 1.03. The average molecular weight is 252 g/mol. The van der Waals surface area contributed by atoms with Gasteiger partial charge >= 0.3 is 0 Å². The molecule has 0 radical (unpaired) electrons. The Morgan fingerprint density at radius 2 is 2.00 bits per heavy atom. The zero-order chi connectivity index (χ0) is 9.80. The number of nitrogens with one attached hydrogen (secondary N) is 1. The third-order valence-electron chi connectivity index (χ3n) is 2.02. The molecule has 0 aliphatic rings. The van der Waals surface area contributed by atoms with E-state index in [1.54, 1.807) is 6.20 Å². The number of aromatic nitrogens is 3. The van der Waals surface area contributed by atoms with E-state index in [0.29, 0.717) is 0 Å². The van der Waals surface area contributed by atoms with Crippen LogP contribution in [0.25, 0.3) is 0 Å². The maximum atomic E-state index is 4.11. The maximum Gasteiger partial charge on any atom is 0.0519 e. The second-order valence-corrected chi connectivity index (χ2v) is 4.03. The quantitative estimate of drug-likeness (QED) is 0.910. The lowest BCUT2D eigenvalue weighted by Gasteiger charge is -1.99. The van der Waals surface area contributed by atoms with E-state index in [1.165, 1.54) is 11.1 Å². The van der Waals surface area contributed by atoms with E-state index in [1.807, 2.05) is 18.6 Å². The summed E-state index contributed by atoms with van der Waals surface area (Å²) in [4.78, 5) is 4.11. The van der Waals surface area contributed by atoms with E-state index < -0.39 is 0 Å². The van der Waals surface area contributed by atoms with Crippen molar-refractivity contribution < 1.29 is 0 Å². The van der Waals surface area contributed by atoms with Gasteiger partial charge in [0, 0.05) is 23.1 Å². The minimum atomic E-state index is 0.992. The summed E-state index contributed by atoms with van der Waals surface area (Å²) in [5.74, 6) is 0. The number of aryl methyl sites for hydroxylation is 2. The SMILES string of the molecule is Brc1cncc(CCc2cn[nH]c2)c1. The van der Waals surface area contributed by atoms with Crippen LogP contribution in [0.1, 0.15) is 11.1 Å². The molecule has 0 saturated heterocycles. The van der Waals surface area contributed by atoms with Crippen LogP contribution in [0.3, 0.4) is 0 Å². The summed E-state index contributed by atoms with van der Waals surface area (Å²) in [6.07, 6.45) is 9.45. The van der Waals surface area contributed by atoms with E-state index in [-0.39, 0.29) is 0 Å². The first-order valence-electron chi connectivity index (χ1n) is 4.42. The van der Waals surface area contributed by atoms with Gasteiger partial charge < -0.3 is 0 Å². The van der Waals surface area contributed by atoms with Crippen molar-refractivity contribution in [2.75, 3.05) is 0 Å². The van der Waals surface area contributed by atoms with Crippen LogP contribution in [0, 0.1) is 0 Å². The number of nitrogens with zero attached hydrogens (tertiary/aromatic N) is 2. The van der Waals surface area contributed by atoms with Crippen LogP contribution in [0.5, 0.6) is 0 Å². The fourth-order valence-corrected chi connectivity index (χ4v) is 1.71. The number of H-pyrrole nitrogens is 1. The number of pyridine rings is 1. The Labute approximate surface area is 90.7 Å². The molecule has 1 N–H and O–H groups in total. The Bertz CT molecular complexity index is 398. The van der Waals surface area contributed by atoms with Crippen molar-refractivity contribution in [3.63, 3.8) is 0 Å². The number of hydrogen-bond acceptors (Lipinski definition) is 2. The van der Waals surface area contributed by atoms with Gasteiger partial charge in [-0.2, -0.15) is 5.10 Å². The summed E-state index contributed by atoms with van der Waals surface area (Å²) in [5.41, 5.74) is 2.46. The molecule has 2 rings (SSSR count). The molecule has 72 valence electrons. The van der Waals surface area contributed by atoms with Gasteiger partial charge in [-0.25, -0.2) is 0 Å². The zero-order valence-electron chi connectivity index (χ0n) is 7.57. The molecule has 0 aliphatic carbocycles. The molecule has 0 atom stereocenters. The first-order chi connectivity index (χ1) is 6.84. The number of hydrogen-bond donors (Lipinski definition) is 1. The molecule has 0 aliphatic heterocycles. The van der Waals surface area contributed by atoms with Gasteiger partial charge in [-0.1, -0.05) is 0 Å². The molecule has 4 heteroatoms. The maximum absolute atomic E-state index is 4.11. The van der Waals surface area contributed by atoms with Crippen molar-refractivity contribution in [1.29, 1.82) is 0 Å². The lowest BCUT2D eigenvalue weighted by molar-refractivity contribution is 0.949. The molecule has 0 unspecified atom stereocenters. The molecule has 2 aromatic rings. The van der Waals surface area contributed by atoms with E-state index in [0.717, 1.165) is 17.3 Å². The number of halogens is 1. The number of rotatable bonds is 3. The molecule has 2 aromatic heterocycles. The molecule has 2 heterocycles. The van der Waals surface area contributed by atoms with Crippen molar-refractivity contribution in [3.05, 3.63) is 46.5 Å². The molecule has 0 amide bonds. The van der Waals surface area contributed by atoms with Crippen molar-refractivity contribution in [3.8, 4) is 0 Å².